The molecular formula is C23H23ClN4O3S. The summed E-state index contributed by atoms with van der Waals surface area (Å²) in [4.78, 5) is 15.8. The van der Waals surface area contributed by atoms with Crippen molar-refractivity contribution in [2.75, 3.05) is 7.11 Å². The number of H-pyrrole nitrogens is 1. The lowest BCUT2D eigenvalue weighted by Gasteiger charge is -2.10. The van der Waals surface area contributed by atoms with Crippen LogP contribution in [0.3, 0.4) is 0 Å². The number of hydrogen-bond acceptors (Lipinski definition) is 6. The van der Waals surface area contributed by atoms with Crippen LogP contribution in [0, 0.1) is 13.8 Å². The number of fused-ring (bicyclic) bond motifs is 1. The van der Waals surface area contributed by atoms with Crippen molar-refractivity contribution in [3.8, 4) is 11.5 Å². The second kappa shape index (κ2) is 9.26. The van der Waals surface area contributed by atoms with Crippen LogP contribution < -0.4 is 14.9 Å². The zero-order valence-electron chi connectivity index (χ0n) is 18.2. The molecule has 166 valence electrons. The Hall–Kier alpha value is -2.97. The third kappa shape index (κ3) is 4.47. The van der Waals surface area contributed by atoms with Gasteiger partial charge in [-0.15, -0.1) is 10.2 Å². The number of hydrogen-bond donors (Lipinski definition) is 1. The molecule has 0 saturated carbocycles. The maximum Gasteiger partial charge on any atom is 0.191 e. The van der Waals surface area contributed by atoms with Gasteiger partial charge in [-0.1, -0.05) is 29.4 Å². The van der Waals surface area contributed by atoms with Gasteiger partial charge in [0.2, 0.25) is 0 Å². The number of pyridine rings is 1. The van der Waals surface area contributed by atoms with E-state index in [-0.39, 0.29) is 12.0 Å². The summed E-state index contributed by atoms with van der Waals surface area (Å²) in [6.45, 7) is 4.19. The molecular weight excluding hydrogens is 448 g/mol. The highest BCUT2D eigenvalue weighted by atomic mass is 35.5. The highest BCUT2D eigenvalue weighted by Crippen LogP contribution is 2.27. The predicted molar refractivity (Wildman–Crippen MR) is 127 cm³/mol. The van der Waals surface area contributed by atoms with Gasteiger partial charge in [-0.05, 0) is 49.2 Å². The third-order valence-electron chi connectivity index (χ3n) is 5.16. The quantitative estimate of drug-likeness (QED) is 0.390. The number of aryl methyl sites for hydroxylation is 2. The smallest absolute Gasteiger partial charge is 0.191 e. The van der Waals surface area contributed by atoms with Crippen LogP contribution in [0.25, 0.3) is 10.9 Å². The fourth-order valence-corrected chi connectivity index (χ4v) is 4.37. The Morgan fingerprint density at radius 3 is 2.62 bits per heavy atom. The number of rotatable bonds is 7. The van der Waals surface area contributed by atoms with E-state index >= 15 is 0 Å². The topological polar surface area (TPSA) is 82.0 Å². The standard InChI is InChI=1S/C23H23ClN4O3S/c1-13-8-16(9-14(2)21(13)24)31-11-20-26-27-23(28(20)3)32-12-15-10-18(29)17-6-5-7-19(30-4)22(17)25-15/h5-10H,11-12H2,1-4H3,(H,25,29). The Bertz CT molecular complexity index is 1330. The van der Waals surface area contributed by atoms with Gasteiger partial charge in [0.25, 0.3) is 0 Å². The second-order valence-electron chi connectivity index (χ2n) is 7.45. The van der Waals surface area contributed by atoms with Crippen LogP contribution >= 0.6 is 23.4 Å². The van der Waals surface area contributed by atoms with E-state index in [1.165, 1.54) is 11.8 Å². The number of nitrogens with zero attached hydrogens (tertiary/aromatic N) is 3. The first-order valence-corrected chi connectivity index (χ1v) is 11.3. The van der Waals surface area contributed by atoms with Crippen molar-refractivity contribution in [2.24, 2.45) is 7.05 Å². The lowest BCUT2D eigenvalue weighted by atomic mass is 10.1. The zero-order valence-corrected chi connectivity index (χ0v) is 19.8. The average Bonchev–Trinajstić information content (AvgIpc) is 3.13. The number of methoxy groups -OCH3 is 1. The first-order chi connectivity index (χ1) is 15.4. The fraction of sp³-hybridized carbons (Fsp3) is 0.261. The van der Waals surface area contributed by atoms with Gasteiger partial charge in [0, 0.05) is 35.0 Å². The molecule has 0 saturated heterocycles. The molecule has 4 rings (SSSR count). The Labute approximate surface area is 194 Å². The number of benzene rings is 2. The van der Waals surface area contributed by atoms with E-state index in [1.807, 2.05) is 43.7 Å². The van der Waals surface area contributed by atoms with Gasteiger partial charge >= 0.3 is 0 Å². The molecule has 4 aromatic rings. The third-order valence-corrected chi connectivity index (χ3v) is 6.83. The molecule has 0 aliphatic carbocycles. The van der Waals surface area contributed by atoms with Crippen LogP contribution in [0.5, 0.6) is 11.5 Å². The van der Waals surface area contributed by atoms with Crippen LogP contribution in [-0.4, -0.2) is 26.9 Å². The second-order valence-corrected chi connectivity index (χ2v) is 8.77. The maximum atomic E-state index is 12.5. The van der Waals surface area contributed by atoms with Gasteiger partial charge in [-0.25, -0.2) is 0 Å². The summed E-state index contributed by atoms with van der Waals surface area (Å²) in [5, 5.41) is 10.6. The van der Waals surface area contributed by atoms with Gasteiger partial charge in [-0.2, -0.15) is 0 Å². The number of nitrogens with one attached hydrogen (secondary N) is 1. The van der Waals surface area contributed by atoms with Gasteiger partial charge in [0.05, 0.1) is 12.6 Å². The molecule has 2 aromatic carbocycles. The van der Waals surface area contributed by atoms with Crippen LogP contribution in [0.4, 0.5) is 0 Å². The van der Waals surface area contributed by atoms with Crippen LogP contribution in [0.2, 0.25) is 5.02 Å². The van der Waals surface area contributed by atoms with Gasteiger partial charge in [-0.3, -0.25) is 4.79 Å². The Kier molecular flexibility index (Phi) is 6.43. The molecule has 0 atom stereocenters. The van der Waals surface area contributed by atoms with Gasteiger partial charge < -0.3 is 19.0 Å². The minimum Gasteiger partial charge on any atom is -0.495 e. The summed E-state index contributed by atoms with van der Waals surface area (Å²) in [6, 6.07) is 10.8. The van der Waals surface area contributed by atoms with E-state index in [0.29, 0.717) is 28.2 Å². The summed E-state index contributed by atoms with van der Waals surface area (Å²) >= 11 is 7.71. The molecule has 1 N–H and O–H groups in total. The van der Waals surface area contributed by atoms with Crippen molar-refractivity contribution in [3.63, 3.8) is 0 Å². The molecule has 2 aromatic heterocycles. The molecule has 0 aliphatic rings. The van der Waals surface area contributed by atoms with E-state index < -0.39 is 0 Å². The predicted octanol–water partition coefficient (Wildman–Crippen LogP) is 4.81. The summed E-state index contributed by atoms with van der Waals surface area (Å²) in [5.41, 5.74) is 3.37. The van der Waals surface area contributed by atoms with E-state index in [9.17, 15) is 4.79 Å². The summed E-state index contributed by atoms with van der Waals surface area (Å²) in [6.07, 6.45) is 0. The maximum absolute atomic E-state index is 12.5. The Morgan fingerprint density at radius 1 is 1.16 bits per heavy atom. The van der Waals surface area contributed by atoms with E-state index in [2.05, 4.69) is 15.2 Å². The lowest BCUT2D eigenvalue weighted by Crippen LogP contribution is -2.06. The number of thioether (sulfide) groups is 1. The minimum atomic E-state index is -0.0474. The molecule has 7 nitrogen and oxygen atoms in total. The molecule has 2 heterocycles. The van der Waals surface area contributed by atoms with Crippen LogP contribution in [-0.2, 0) is 19.4 Å². The van der Waals surface area contributed by atoms with Gasteiger partial charge in [0.1, 0.15) is 18.1 Å². The van der Waals surface area contributed by atoms with E-state index in [0.717, 1.165) is 32.7 Å². The number of ether oxygens (including phenoxy) is 2. The highest BCUT2D eigenvalue weighted by molar-refractivity contribution is 7.98. The molecule has 0 spiro atoms. The van der Waals surface area contributed by atoms with Crippen LogP contribution in [0.15, 0.2) is 46.3 Å². The zero-order chi connectivity index (χ0) is 22.8. The average molecular weight is 471 g/mol. The van der Waals surface area contributed by atoms with Crippen molar-refractivity contribution in [3.05, 3.63) is 74.3 Å². The molecule has 0 aliphatic heterocycles. The molecule has 0 fully saturated rings. The number of aromatic amines is 1. The number of aromatic nitrogens is 4. The van der Waals surface area contributed by atoms with E-state index in [1.54, 1.807) is 25.3 Å². The largest absolute Gasteiger partial charge is 0.495 e. The molecule has 0 radical (unpaired) electrons. The number of para-hydroxylation sites is 1. The molecule has 0 unspecified atom stereocenters. The van der Waals surface area contributed by atoms with Crippen molar-refractivity contribution in [1.29, 1.82) is 0 Å². The normalized spacial score (nSPS) is 11.2. The summed E-state index contributed by atoms with van der Waals surface area (Å²) in [7, 11) is 3.48. The summed E-state index contributed by atoms with van der Waals surface area (Å²) in [5.74, 6) is 2.61. The van der Waals surface area contributed by atoms with Crippen molar-refractivity contribution >= 4 is 34.3 Å². The molecule has 0 amide bonds. The Balaban J connectivity index is 1.47. The lowest BCUT2D eigenvalue weighted by molar-refractivity contribution is 0.290. The van der Waals surface area contributed by atoms with E-state index in [4.69, 9.17) is 21.1 Å². The first kappa shape index (κ1) is 22.2. The molecule has 0 bridgehead atoms. The highest BCUT2D eigenvalue weighted by Gasteiger charge is 2.13. The minimum absolute atomic E-state index is 0.0474. The summed E-state index contributed by atoms with van der Waals surface area (Å²) < 4.78 is 13.2. The first-order valence-electron chi connectivity index (χ1n) is 9.97. The molecule has 9 heteroatoms. The fourth-order valence-electron chi connectivity index (χ4n) is 3.42. The van der Waals surface area contributed by atoms with Crippen molar-refractivity contribution in [1.82, 2.24) is 19.7 Å². The number of halogens is 1. The monoisotopic (exact) mass is 470 g/mol. The van der Waals surface area contributed by atoms with Crippen molar-refractivity contribution < 1.29 is 9.47 Å². The Morgan fingerprint density at radius 2 is 1.91 bits per heavy atom. The van der Waals surface area contributed by atoms with Gasteiger partial charge in [0.15, 0.2) is 16.4 Å². The SMILES string of the molecule is COc1cccc2c(=O)cc(CSc3nnc(COc4cc(C)c(Cl)c(C)c4)n3C)[nH]c12. The molecule has 32 heavy (non-hydrogen) atoms. The van der Waals surface area contributed by atoms with Crippen LogP contribution in [0.1, 0.15) is 22.6 Å². The van der Waals surface area contributed by atoms with Crippen molar-refractivity contribution in [2.45, 2.75) is 31.4 Å².